The van der Waals surface area contributed by atoms with Gasteiger partial charge in [-0.3, -0.25) is 9.69 Å². The lowest BCUT2D eigenvalue weighted by molar-refractivity contribution is -0.137. The Labute approximate surface area is 203 Å². The number of ketones is 1. The van der Waals surface area contributed by atoms with Crippen LogP contribution in [0.4, 0.5) is 43.9 Å². The van der Waals surface area contributed by atoms with E-state index in [1.165, 1.54) is 23.1 Å². The van der Waals surface area contributed by atoms with Gasteiger partial charge in [-0.25, -0.2) is 18.6 Å². The van der Waals surface area contributed by atoms with Gasteiger partial charge in [-0.1, -0.05) is 12.1 Å². The highest BCUT2D eigenvalue weighted by Gasteiger charge is 2.32. The first-order valence-electron chi connectivity index (χ1n) is 11.0. The van der Waals surface area contributed by atoms with Gasteiger partial charge in [0.1, 0.15) is 5.69 Å². The first-order chi connectivity index (χ1) is 17.0. The zero-order valence-electron chi connectivity index (χ0n) is 19.2. The van der Waals surface area contributed by atoms with Gasteiger partial charge in [-0.05, 0) is 56.7 Å². The van der Waals surface area contributed by atoms with Gasteiger partial charge in [0.2, 0.25) is 0 Å². The van der Waals surface area contributed by atoms with Crippen molar-refractivity contribution in [1.29, 1.82) is 0 Å². The molecular formula is C25H21F5N4O2. The number of aromatic nitrogens is 1. The van der Waals surface area contributed by atoms with E-state index < -0.39 is 46.9 Å². The molecule has 2 amide bonds. The van der Waals surface area contributed by atoms with Crippen molar-refractivity contribution in [2.45, 2.75) is 32.5 Å². The number of anilines is 3. The maximum atomic E-state index is 14.5. The van der Waals surface area contributed by atoms with E-state index in [0.29, 0.717) is 18.7 Å². The lowest BCUT2D eigenvalue weighted by Gasteiger charge is -2.28. The van der Waals surface area contributed by atoms with Gasteiger partial charge < -0.3 is 10.6 Å². The van der Waals surface area contributed by atoms with Crippen LogP contribution in [0.2, 0.25) is 0 Å². The standard InChI is InChI=1S/C25H21F5N4O2/c1-13-8-9-31-21-7-6-20(15-4-3-5-17(10-15)25(28,29)30)32-23(21)34(13)24(36)33-22-18(26)11-16(14(2)35)12-19(22)27/h3-7,10-13,31H,8-9H2,1-2H3,(H,33,36)/t13-/m1/s1. The fraction of sp³-hybridized carbons (Fsp3) is 0.240. The summed E-state index contributed by atoms with van der Waals surface area (Å²) in [5, 5.41) is 5.32. The van der Waals surface area contributed by atoms with Crippen LogP contribution in [0.15, 0.2) is 48.5 Å². The van der Waals surface area contributed by atoms with Crippen molar-refractivity contribution >= 4 is 29.0 Å². The molecule has 1 aromatic heterocycles. The van der Waals surface area contributed by atoms with Crippen LogP contribution < -0.4 is 15.5 Å². The minimum Gasteiger partial charge on any atom is -0.382 e. The lowest BCUT2D eigenvalue weighted by Crippen LogP contribution is -2.42. The third kappa shape index (κ3) is 5.00. The fourth-order valence-electron chi connectivity index (χ4n) is 3.90. The summed E-state index contributed by atoms with van der Waals surface area (Å²) in [6, 6.07) is 7.99. The number of Topliss-reactive ketones (excluding diaryl/α,β-unsaturated/α-hetero) is 1. The quantitative estimate of drug-likeness (QED) is 0.316. The summed E-state index contributed by atoms with van der Waals surface area (Å²) < 4.78 is 68.7. The third-order valence-electron chi connectivity index (χ3n) is 5.81. The van der Waals surface area contributed by atoms with Crippen LogP contribution in [-0.2, 0) is 6.18 Å². The second-order valence-electron chi connectivity index (χ2n) is 8.38. The topological polar surface area (TPSA) is 74.3 Å². The highest BCUT2D eigenvalue weighted by Crippen LogP contribution is 2.35. The number of benzene rings is 2. The van der Waals surface area contributed by atoms with Gasteiger partial charge in [-0.2, -0.15) is 13.2 Å². The monoisotopic (exact) mass is 504 g/mol. The highest BCUT2D eigenvalue weighted by atomic mass is 19.4. The molecule has 0 bridgehead atoms. The number of alkyl halides is 3. The zero-order valence-corrected chi connectivity index (χ0v) is 19.2. The number of carbonyl (C=O) groups is 2. The van der Waals surface area contributed by atoms with Crippen LogP contribution in [0.3, 0.4) is 0 Å². The predicted octanol–water partition coefficient (Wildman–Crippen LogP) is 6.49. The van der Waals surface area contributed by atoms with Crippen LogP contribution >= 0.6 is 0 Å². The van der Waals surface area contributed by atoms with Crippen LogP contribution in [0.5, 0.6) is 0 Å². The summed E-state index contributed by atoms with van der Waals surface area (Å²) in [5.74, 6) is -2.70. The first kappa shape index (κ1) is 25.1. The molecule has 3 aromatic rings. The molecule has 1 aliphatic rings. The van der Waals surface area contributed by atoms with E-state index in [0.717, 1.165) is 31.2 Å². The Bertz CT molecular complexity index is 1320. The van der Waals surface area contributed by atoms with Crippen LogP contribution in [-0.4, -0.2) is 29.4 Å². The van der Waals surface area contributed by atoms with E-state index in [1.807, 2.05) is 0 Å². The Morgan fingerprint density at radius 3 is 2.42 bits per heavy atom. The summed E-state index contributed by atoms with van der Waals surface area (Å²) in [5.41, 5.74) is -0.979. The number of amides is 2. The number of nitrogens with one attached hydrogen (secondary N) is 2. The maximum absolute atomic E-state index is 14.5. The van der Waals surface area contributed by atoms with E-state index in [9.17, 15) is 31.5 Å². The zero-order chi connectivity index (χ0) is 26.2. The minimum atomic E-state index is -4.55. The van der Waals surface area contributed by atoms with E-state index in [2.05, 4.69) is 15.6 Å². The van der Waals surface area contributed by atoms with Crippen LogP contribution in [0.1, 0.15) is 36.2 Å². The summed E-state index contributed by atoms with van der Waals surface area (Å²) in [7, 11) is 0. The summed E-state index contributed by atoms with van der Waals surface area (Å²) in [4.78, 5) is 30.4. The Balaban J connectivity index is 1.73. The molecule has 1 aliphatic heterocycles. The number of pyridine rings is 1. The molecule has 4 rings (SSSR count). The largest absolute Gasteiger partial charge is 0.416 e. The highest BCUT2D eigenvalue weighted by molar-refractivity contribution is 6.04. The molecule has 36 heavy (non-hydrogen) atoms. The molecule has 1 atom stereocenters. The number of rotatable bonds is 3. The van der Waals surface area contributed by atoms with Gasteiger partial charge in [0.15, 0.2) is 23.2 Å². The number of hydrogen-bond donors (Lipinski definition) is 2. The smallest absolute Gasteiger partial charge is 0.382 e. The average Bonchev–Trinajstić information content (AvgIpc) is 2.98. The van der Waals surface area contributed by atoms with Gasteiger partial charge >= 0.3 is 12.2 Å². The molecular weight excluding hydrogens is 483 g/mol. The molecule has 2 N–H and O–H groups in total. The molecule has 0 radical (unpaired) electrons. The molecule has 6 nitrogen and oxygen atoms in total. The van der Waals surface area contributed by atoms with Gasteiger partial charge in [0, 0.05) is 23.7 Å². The average molecular weight is 504 g/mol. The Morgan fingerprint density at radius 1 is 1.08 bits per heavy atom. The number of carbonyl (C=O) groups excluding carboxylic acids is 2. The summed E-state index contributed by atoms with van der Waals surface area (Å²) >= 11 is 0. The molecule has 11 heteroatoms. The van der Waals surface area contributed by atoms with Crippen molar-refractivity contribution in [2.75, 3.05) is 22.1 Å². The Hall–Kier alpha value is -4.02. The number of urea groups is 1. The number of fused-ring (bicyclic) bond motifs is 1. The molecule has 0 saturated carbocycles. The van der Waals surface area contributed by atoms with E-state index in [4.69, 9.17) is 0 Å². The Morgan fingerprint density at radius 2 is 1.78 bits per heavy atom. The Kier molecular flexibility index (Phi) is 6.66. The van der Waals surface area contributed by atoms with Crippen molar-refractivity contribution in [3.8, 4) is 11.3 Å². The maximum Gasteiger partial charge on any atom is 0.416 e. The van der Waals surface area contributed by atoms with Crippen molar-refractivity contribution in [3.63, 3.8) is 0 Å². The molecule has 2 aromatic carbocycles. The molecule has 2 heterocycles. The van der Waals surface area contributed by atoms with Crippen molar-refractivity contribution in [3.05, 3.63) is 71.3 Å². The molecule has 188 valence electrons. The molecule has 0 unspecified atom stereocenters. The van der Waals surface area contributed by atoms with Crippen LogP contribution in [0, 0.1) is 11.6 Å². The van der Waals surface area contributed by atoms with E-state index in [-0.39, 0.29) is 22.6 Å². The number of halogens is 5. The van der Waals surface area contributed by atoms with Crippen LogP contribution in [0.25, 0.3) is 11.3 Å². The molecule has 0 aliphatic carbocycles. The second kappa shape index (κ2) is 9.56. The second-order valence-corrected chi connectivity index (χ2v) is 8.38. The van der Waals surface area contributed by atoms with Crippen molar-refractivity contribution in [1.82, 2.24) is 4.98 Å². The summed E-state index contributed by atoms with van der Waals surface area (Å²) in [6.45, 7) is 3.32. The number of nitrogens with zero attached hydrogens (tertiary/aromatic N) is 2. The predicted molar refractivity (Wildman–Crippen MR) is 125 cm³/mol. The normalized spacial score (nSPS) is 15.5. The molecule has 0 fully saturated rings. The van der Waals surface area contributed by atoms with Gasteiger partial charge in [0.25, 0.3) is 0 Å². The third-order valence-corrected chi connectivity index (χ3v) is 5.81. The minimum absolute atomic E-state index is 0.0913. The van der Waals surface area contributed by atoms with E-state index >= 15 is 0 Å². The van der Waals surface area contributed by atoms with Gasteiger partial charge in [-0.15, -0.1) is 0 Å². The summed E-state index contributed by atoms with van der Waals surface area (Å²) in [6.07, 6.45) is -4.09. The fourth-order valence-corrected chi connectivity index (χ4v) is 3.90. The van der Waals surface area contributed by atoms with Crippen molar-refractivity contribution < 1.29 is 31.5 Å². The number of hydrogen-bond acceptors (Lipinski definition) is 4. The lowest BCUT2D eigenvalue weighted by atomic mass is 10.1. The van der Waals surface area contributed by atoms with Crippen molar-refractivity contribution in [2.24, 2.45) is 0 Å². The van der Waals surface area contributed by atoms with E-state index in [1.54, 1.807) is 13.0 Å². The first-order valence-corrected chi connectivity index (χ1v) is 11.0. The SMILES string of the molecule is CC(=O)c1cc(F)c(NC(=O)N2c3nc(-c4cccc(C(F)(F)F)c4)ccc3NCC[C@H]2C)c(F)c1. The molecule has 0 spiro atoms. The van der Waals surface area contributed by atoms with Gasteiger partial charge in [0.05, 0.1) is 16.9 Å². The molecule has 0 saturated heterocycles.